The van der Waals surface area contributed by atoms with Crippen molar-refractivity contribution in [2.45, 2.75) is 0 Å². The second-order valence-electron chi connectivity index (χ2n) is 4.48. The van der Waals surface area contributed by atoms with E-state index in [4.69, 9.17) is 0 Å². The summed E-state index contributed by atoms with van der Waals surface area (Å²) in [4.78, 5) is 42.1. The third-order valence-corrected chi connectivity index (χ3v) is 2.96. The predicted octanol–water partition coefficient (Wildman–Crippen LogP) is 2.66. The predicted molar refractivity (Wildman–Crippen MR) is 80.8 cm³/mol. The van der Waals surface area contributed by atoms with Crippen LogP contribution in [0.5, 0.6) is 0 Å². The van der Waals surface area contributed by atoms with Crippen molar-refractivity contribution in [1.82, 2.24) is 0 Å². The van der Waals surface area contributed by atoms with Crippen LogP contribution in [0.3, 0.4) is 0 Å². The van der Waals surface area contributed by atoms with Gasteiger partial charge in [-0.25, -0.2) is 0 Å². The fourth-order valence-corrected chi connectivity index (χ4v) is 1.85. The Morgan fingerprint density at radius 2 is 1.46 bits per heavy atom. The van der Waals surface area contributed by atoms with E-state index in [1.54, 1.807) is 0 Å². The number of hydrogen-bond acceptors (Lipinski definition) is 7. The molecule has 2 aromatic rings. The lowest BCUT2D eigenvalue weighted by Crippen LogP contribution is -2.13. The number of nitro groups is 3. The summed E-state index contributed by atoms with van der Waals surface area (Å²) in [5.74, 6) is -0.823. The molecule has 2 rings (SSSR count). The minimum Gasteiger partial charge on any atom is -0.316 e. The first-order valence-electron chi connectivity index (χ1n) is 6.28. The lowest BCUT2D eigenvalue weighted by atomic mass is 10.1. The molecule has 1 amide bonds. The van der Waals surface area contributed by atoms with Crippen LogP contribution in [0.4, 0.5) is 22.7 Å². The fourth-order valence-electron chi connectivity index (χ4n) is 1.85. The SMILES string of the molecule is O=C(Nc1ccc([N+](=O)[O-])cc1[N+](=O)[O-])c1cccc([N+](=O)[O-])c1. The van der Waals surface area contributed by atoms with Gasteiger partial charge in [-0.15, -0.1) is 0 Å². The van der Waals surface area contributed by atoms with Crippen LogP contribution in [0.1, 0.15) is 10.4 Å². The second-order valence-corrected chi connectivity index (χ2v) is 4.48. The molecule has 0 spiro atoms. The quantitative estimate of drug-likeness (QED) is 0.650. The van der Waals surface area contributed by atoms with Gasteiger partial charge in [-0.1, -0.05) is 6.07 Å². The van der Waals surface area contributed by atoms with Gasteiger partial charge < -0.3 is 5.32 Å². The molecule has 0 saturated heterocycles. The van der Waals surface area contributed by atoms with Crippen LogP contribution < -0.4 is 5.32 Å². The molecular weight excluding hydrogens is 324 g/mol. The molecule has 0 saturated carbocycles. The van der Waals surface area contributed by atoms with E-state index >= 15 is 0 Å². The summed E-state index contributed by atoms with van der Waals surface area (Å²) >= 11 is 0. The van der Waals surface area contributed by atoms with Crippen molar-refractivity contribution in [2.24, 2.45) is 0 Å². The number of nitrogens with zero attached hydrogens (tertiary/aromatic N) is 3. The van der Waals surface area contributed by atoms with E-state index in [0.29, 0.717) is 6.07 Å². The van der Waals surface area contributed by atoms with E-state index in [0.717, 1.165) is 18.2 Å². The second kappa shape index (κ2) is 6.48. The van der Waals surface area contributed by atoms with Gasteiger partial charge in [-0.05, 0) is 12.1 Å². The van der Waals surface area contributed by atoms with Gasteiger partial charge in [0.15, 0.2) is 0 Å². The maximum absolute atomic E-state index is 12.1. The van der Waals surface area contributed by atoms with E-state index in [1.807, 2.05) is 0 Å². The monoisotopic (exact) mass is 332 g/mol. The van der Waals surface area contributed by atoms with Gasteiger partial charge in [-0.2, -0.15) is 0 Å². The van der Waals surface area contributed by atoms with Crippen molar-refractivity contribution >= 4 is 28.7 Å². The Balaban J connectivity index is 2.35. The lowest BCUT2D eigenvalue weighted by Gasteiger charge is -2.06. The number of carbonyl (C=O) groups excluding carboxylic acids is 1. The molecule has 122 valence electrons. The molecule has 0 fully saturated rings. The van der Waals surface area contributed by atoms with Crippen molar-refractivity contribution in [3.8, 4) is 0 Å². The first-order chi connectivity index (χ1) is 11.3. The molecule has 0 aliphatic rings. The molecule has 11 nitrogen and oxygen atoms in total. The molecule has 0 unspecified atom stereocenters. The number of carbonyl (C=O) groups is 1. The van der Waals surface area contributed by atoms with Crippen LogP contribution in [0, 0.1) is 30.3 Å². The van der Waals surface area contributed by atoms with Crippen LogP contribution in [0.15, 0.2) is 42.5 Å². The Morgan fingerprint density at radius 3 is 2.04 bits per heavy atom. The zero-order chi connectivity index (χ0) is 17.9. The van der Waals surface area contributed by atoms with Gasteiger partial charge in [-0.3, -0.25) is 35.1 Å². The lowest BCUT2D eigenvalue weighted by molar-refractivity contribution is -0.393. The Labute approximate surface area is 133 Å². The summed E-state index contributed by atoms with van der Waals surface area (Å²) in [5, 5.41) is 34.6. The van der Waals surface area contributed by atoms with Crippen LogP contribution in [0.25, 0.3) is 0 Å². The molecule has 0 heterocycles. The highest BCUT2D eigenvalue weighted by Gasteiger charge is 2.21. The van der Waals surface area contributed by atoms with E-state index in [9.17, 15) is 35.1 Å². The fraction of sp³-hybridized carbons (Fsp3) is 0. The van der Waals surface area contributed by atoms with Crippen LogP contribution in [-0.2, 0) is 0 Å². The largest absolute Gasteiger partial charge is 0.316 e. The standard InChI is InChI=1S/C13H8N4O7/c18-13(8-2-1-3-9(6-8)15(19)20)14-11-5-4-10(16(21)22)7-12(11)17(23)24/h1-7H,(H,14,18). The Morgan fingerprint density at radius 1 is 0.833 bits per heavy atom. The zero-order valence-corrected chi connectivity index (χ0v) is 11.7. The highest BCUT2D eigenvalue weighted by Crippen LogP contribution is 2.29. The molecule has 0 radical (unpaired) electrons. The molecular formula is C13H8N4O7. The topological polar surface area (TPSA) is 159 Å². The summed E-state index contributed by atoms with van der Waals surface area (Å²) < 4.78 is 0. The Bertz CT molecular complexity index is 865. The number of non-ortho nitro benzene ring substituents is 2. The first-order valence-corrected chi connectivity index (χ1v) is 6.28. The maximum atomic E-state index is 12.1. The van der Waals surface area contributed by atoms with Crippen molar-refractivity contribution < 1.29 is 19.6 Å². The average molecular weight is 332 g/mol. The summed E-state index contributed by atoms with van der Waals surface area (Å²) in [6, 6.07) is 7.50. The van der Waals surface area contributed by atoms with E-state index in [-0.39, 0.29) is 16.9 Å². The molecule has 24 heavy (non-hydrogen) atoms. The molecule has 0 bridgehead atoms. The summed E-state index contributed by atoms with van der Waals surface area (Å²) in [6.07, 6.45) is 0. The third kappa shape index (κ3) is 3.47. The normalized spacial score (nSPS) is 10.0. The smallest absolute Gasteiger partial charge is 0.299 e. The number of anilines is 1. The van der Waals surface area contributed by atoms with E-state index in [1.165, 1.54) is 18.2 Å². The van der Waals surface area contributed by atoms with Crippen molar-refractivity contribution in [1.29, 1.82) is 0 Å². The number of nitrogens with one attached hydrogen (secondary N) is 1. The molecule has 0 aliphatic carbocycles. The highest BCUT2D eigenvalue weighted by atomic mass is 16.6. The zero-order valence-electron chi connectivity index (χ0n) is 11.7. The summed E-state index contributed by atoms with van der Waals surface area (Å²) in [5.41, 5.74) is -1.84. The van der Waals surface area contributed by atoms with Gasteiger partial charge in [0.1, 0.15) is 5.69 Å². The molecule has 11 heteroatoms. The van der Waals surface area contributed by atoms with Crippen molar-refractivity contribution in [2.75, 3.05) is 5.32 Å². The van der Waals surface area contributed by atoms with Gasteiger partial charge in [0.05, 0.1) is 20.8 Å². The number of amides is 1. The Kier molecular flexibility index (Phi) is 4.45. The number of rotatable bonds is 5. The van der Waals surface area contributed by atoms with Gasteiger partial charge in [0, 0.05) is 23.8 Å². The minimum absolute atomic E-state index is 0.0862. The molecule has 1 N–H and O–H groups in total. The minimum atomic E-state index is -0.879. The van der Waals surface area contributed by atoms with Crippen molar-refractivity contribution in [3.63, 3.8) is 0 Å². The molecule has 0 aliphatic heterocycles. The van der Waals surface area contributed by atoms with E-state index < -0.39 is 32.1 Å². The van der Waals surface area contributed by atoms with Crippen LogP contribution >= 0.6 is 0 Å². The molecule has 2 aromatic carbocycles. The Hall–Kier alpha value is -3.89. The first kappa shape index (κ1) is 16.5. The van der Waals surface area contributed by atoms with Crippen LogP contribution in [0.2, 0.25) is 0 Å². The van der Waals surface area contributed by atoms with Gasteiger partial charge >= 0.3 is 0 Å². The molecule has 0 aromatic heterocycles. The third-order valence-electron chi connectivity index (χ3n) is 2.96. The molecule has 0 atom stereocenters. The maximum Gasteiger partial charge on any atom is 0.299 e. The van der Waals surface area contributed by atoms with Crippen LogP contribution in [-0.4, -0.2) is 20.7 Å². The van der Waals surface area contributed by atoms with E-state index in [2.05, 4.69) is 5.32 Å². The summed E-state index contributed by atoms with van der Waals surface area (Å²) in [7, 11) is 0. The number of hydrogen-bond donors (Lipinski definition) is 1. The number of nitro benzene ring substituents is 3. The van der Waals surface area contributed by atoms with Gasteiger partial charge in [0.2, 0.25) is 0 Å². The average Bonchev–Trinajstić information content (AvgIpc) is 2.54. The summed E-state index contributed by atoms with van der Waals surface area (Å²) in [6.45, 7) is 0. The highest BCUT2D eigenvalue weighted by molar-refractivity contribution is 6.05. The van der Waals surface area contributed by atoms with Crippen molar-refractivity contribution in [3.05, 3.63) is 78.4 Å². The number of benzene rings is 2. The van der Waals surface area contributed by atoms with Gasteiger partial charge in [0.25, 0.3) is 23.0 Å².